The predicted octanol–water partition coefficient (Wildman–Crippen LogP) is 9.99. The third kappa shape index (κ3) is 25.6. The monoisotopic (exact) mass is 1080 g/mol. The van der Waals surface area contributed by atoms with E-state index in [1.165, 1.54) is 5.56 Å². The molecule has 0 bridgehead atoms. The second-order valence-electron chi connectivity index (χ2n) is 14.3. The summed E-state index contributed by atoms with van der Waals surface area (Å²) in [6.45, 7) is 20.5. The minimum absolute atomic E-state index is 0. The van der Waals surface area contributed by atoms with Gasteiger partial charge in [-0.1, -0.05) is 31.7 Å². The fourth-order valence-corrected chi connectivity index (χ4v) is 18.0. The minimum Gasteiger partial charge on any atom is -0.478 e. The van der Waals surface area contributed by atoms with Crippen molar-refractivity contribution in [3.8, 4) is 0 Å². The van der Waals surface area contributed by atoms with Crippen LogP contribution in [-0.4, -0.2) is 153 Å². The molecule has 66 heavy (non-hydrogen) atoms. The molecule has 2 aromatic carbocycles. The van der Waals surface area contributed by atoms with Gasteiger partial charge in [-0.25, -0.2) is 9.59 Å². The lowest BCUT2D eigenvalue weighted by Gasteiger charge is -2.36. The first kappa shape index (κ1) is 66.9. The number of carbonyl (C=O) groups is 2. The van der Waals surface area contributed by atoms with Crippen molar-refractivity contribution in [1.29, 1.82) is 0 Å². The highest BCUT2D eigenvalue weighted by atomic mass is 35.5. The molecule has 384 valence electrons. The summed E-state index contributed by atoms with van der Waals surface area (Å²) < 4.78 is 81.9. The van der Waals surface area contributed by atoms with Gasteiger partial charge in [-0.05, 0) is 76.9 Å². The Kier molecular flexibility index (Phi) is 35.4. The molecule has 2 aromatic rings. The lowest BCUT2D eigenvalue weighted by molar-refractivity contribution is 0.0686. The van der Waals surface area contributed by atoms with E-state index in [9.17, 15) is 27.8 Å². The largest absolute Gasteiger partial charge is 0.478 e. The Morgan fingerprint density at radius 3 is 1.20 bits per heavy atom. The van der Waals surface area contributed by atoms with E-state index in [4.69, 9.17) is 49.0 Å². The normalized spacial score (nSPS) is 16.5. The molecule has 2 saturated heterocycles. The lowest BCUT2D eigenvalue weighted by Crippen LogP contribution is -2.46. The maximum absolute atomic E-state index is 13.4. The van der Waals surface area contributed by atoms with Crippen LogP contribution in [-0.2, 0) is 58.5 Å². The van der Waals surface area contributed by atoms with Crippen LogP contribution in [0.5, 0.6) is 0 Å². The van der Waals surface area contributed by atoms with Crippen molar-refractivity contribution >= 4 is 78.3 Å². The molecule has 2 heterocycles. The quantitative estimate of drug-likeness (QED) is 0.0622. The summed E-state index contributed by atoms with van der Waals surface area (Å²) in [4.78, 5) is 28.4. The van der Waals surface area contributed by atoms with E-state index >= 15 is 0 Å². The number of benzene rings is 2. The number of nitrogens with zero attached hydrogens (tertiary/aromatic N) is 3. The number of piperazine rings is 2. The zero-order chi connectivity index (χ0) is 46.9. The van der Waals surface area contributed by atoms with E-state index in [-0.39, 0.29) is 101 Å². The molecule has 0 radical (unpaired) electrons. The van der Waals surface area contributed by atoms with Crippen LogP contribution < -0.4 is 5.32 Å². The topological polar surface area (TPSA) is 220 Å². The molecule has 2 aliphatic rings. The number of hydrogen-bond donors (Lipinski definition) is 3. The lowest BCUT2D eigenvalue weighted by atomic mass is 10.1. The van der Waals surface area contributed by atoms with Gasteiger partial charge in [0.05, 0.1) is 62.7 Å². The molecule has 2 aliphatic heterocycles. The van der Waals surface area contributed by atoms with Gasteiger partial charge < -0.3 is 42.7 Å². The summed E-state index contributed by atoms with van der Waals surface area (Å²) in [5.41, 5.74) is 2.66. The molecule has 0 spiro atoms. The molecule has 0 saturated carbocycles. The molecule has 0 aromatic heterocycles. The number of alkyl halides is 1. The van der Waals surface area contributed by atoms with E-state index in [0.717, 1.165) is 57.9 Å². The number of rotatable bonds is 25. The molecule has 18 nitrogen and oxygen atoms in total. The van der Waals surface area contributed by atoms with Gasteiger partial charge in [0.1, 0.15) is 11.8 Å². The average molecular weight is 1080 g/mol. The zero-order valence-corrected chi connectivity index (χ0v) is 44.3. The van der Waals surface area contributed by atoms with Gasteiger partial charge in [-0.15, -0.1) is 36.4 Å². The second-order valence-corrected chi connectivity index (χ2v) is 25.1. The molecule has 2 unspecified atom stereocenters. The van der Waals surface area contributed by atoms with E-state index in [1.54, 1.807) is 65.8 Å². The molecular weight excluding hydrogens is 1000 g/mol. The van der Waals surface area contributed by atoms with Crippen LogP contribution in [0, 0.1) is 0 Å². The highest BCUT2D eigenvalue weighted by molar-refractivity contribution is 7.75. The summed E-state index contributed by atoms with van der Waals surface area (Å²) >= 11 is 5.57. The summed E-state index contributed by atoms with van der Waals surface area (Å²) in [6.07, 6.45) is 0.214. The van der Waals surface area contributed by atoms with Crippen molar-refractivity contribution < 1.29 is 65.2 Å². The van der Waals surface area contributed by atoms with Gasteiger partial charge in [0.2, 0.25) is 14.7 Å². The van der Waals surface area contributed by atoms with Crippen molar-refractivity contribution in [2.75, 3.05) is 116 Å². The third-order valence-electron chi connectivity index (χ3n) is 9.30. The predicted molar refractivity (Wildman–Crippen MR) is 269 cm³/mol. The number of halogens is 3. The fraction of sp³-hybridized carbons (Fsp3) is 0.659. The first-order chi connectivity index (χ1) is 29.9. The van der Waals surface area contributed by atoms with Crippen LogP contribution >= 0.6 is 66.3 Å². The van der Waals surface area contributed by atoms with Crippen molar-refractivity contribution in [1.82, 2.24) is 20.0 Å². The van der Waals surface area contributed by atoms with Crippen molar-refractivity contribution in [2.24, 2.45) is 0 Å². The van der Waals surface area contributed by atoms with Crippen LogP contribution in [0.1, 0.15) is 80.8 Å². The first-order valence-electron chi connectivity index (χ1n) is 21.2. The Morgan fingerprint density at radius 2 is 0.864 bits per heavy atom. The van der Waals surface area contributed by atoms with E-state index in [2.05, 4.69) is 20.0 Å². The van der Waals surface area contributed by atoms with Gasteiger partial charge in [0.15, 0.2) is 0 Å². The minimum atomic E-state index is -3.47. The van der Waals surface area contributed by atoms with Gasteiger partial charge in [0, 0.05) is 65.4 Å². The molecule has 0 aliphatic carbocycles. The summed E-state index contributed by atoms with van der Waals surface area (Å²) in [7, 11) is -13.2. The molecular formula is C41H75Cl3N4O14P4. The SMILES string of the molecule is C.CCOP(=O)(CCl)CP(=O)(OCC)OCC.CCOP(=O)(CN1CCN(Cc2ccc(C(=O)O)cc2)CC1)CP(=O)(OCC)OCC.Cl.Cl.O=C(O)c1ccc(CN2CCNCC2)cc1. The molecule has 2 atom stereocenters. The third-order valence-corrected chi connectivity index (χ3v) is 21.9. The molecule has 3 N–H and O–H groups in total. The average Bonchev–Trinajstić information content (AvgIpc) is 3.23. The van der Waals surface area contributed by atoms with Crippen molar-refractivity contribution in [3.05, 3.63) is 70.8 Å². The van der Waals surface area contributed by atoms with Crippen LogP contribution in [0.3, 0.4) is 0 Å². The molecule has 4 rings (SSSR count). The van der Waals surface area contributed by atoms with Crippen LogP contribution in [0.4, 0.5) is 0 Å². The van der Waals surface area contributed by atoms with E-state index in [1.807, 2.05) is 24.3 Å². The summed E-state index contributed by atoms with van der Waals surface area (Å²) in [6, 6.07) is 14.0. The maximum Gasteiger partial charge on any atom is 0.340 e. The highest BCUT2D eigenvalue weighted by Crippen LogP contribution is 2.64. The Hall–Kier alpha value is -1.23. The summed E-state index contributed by atoms with van der Waals surface area (Å²) in [5.74, 6) is -2.28. The van der Waals surface area contributed by atoms with Crippen molar-refractivity contribution in [2.45, 2.75) is 62.1 Å². The van der Waals surface area contributed by atoms with Gasteiger partial charge in [0.25, 0.3) is 0 Å². The Balaban J connectivity index is 0. The molecule has 0 amide bonds. The van der Waals surface area contributed by atoms with Gasteiger partial charge in [-0.2, -0.15) is 0 Å². The standard InChI is InChI=1S/C20H34N2O7P2.C12H16N2O2.C8H19ClO5P2.CH4.2ClH/c1-4-27-30(25,17-31(26,28-5-2)29-6-3)16-22-13-11-21(12-14-22)15-18-7-9-19(10-8-18)20(23)24;15-12(16)11-3-1-10(2-4-11)9-14-7-5-13-6-8-14;1-4-12-15(10,7-9)8-16(11,13-5-2)14-6-3;;;/h7-10H,4-6,11-17H2,1-3H3,(H,23,24);1-4,13H,5-9H2,(H,15,16);4-8H2,1-3H3;1H4;2*1H. The first-order valence-corrected chi connectivity index (χ1v) is 29.2. The van der Waals surface area contributed by atoms with Gasteiger partial charge >= 0.3 is 27.1 Å². The number of hydrogen-bond acceptors (Lipinski definition) is 16. The highest BCUT2D eigenvalue weighted by Gasteiger charge is 2.39. The number of carboxylic acids is 2. The summed E-state index contributed by atoms with van der Waals surface area (Å²) in [5, 5.41) is 21.1. The Morgan fingerprint density at radius 1 is 0.545 bits per heavy atom. The molecule has 25 heteroatoms. The second kappa shape index (κ2) is 35.0. The maximum atomic E-state index is 13.4. The fourth-order valence-electron chi connectivity index (χ4n) is 6.55. The van der Waals surface area contributed by atoms with E-state index < -0.39 is 41.9 Å². The van der Waals surface area contributed by atoms with Crippen LogP contribution in [0.25, 0.3) is 0 Å². The smallest absolute Gasteiger partial charge is 0.340 e. The Labute approximate surface area is 410 Å². The number of aromatic carboxylic acids is 2. The number of nitrogens with one attached hydrogen (secondary N) is 1. The Bertz CT molecular complexity index is 1820. The number of carboxylic acid groups (broad SMARTS) is 2. The van der Waals surface area contributed by atoms with Crippen LogP contribution in [0.15, 0.2) is 48.5 Å². The van der Waals surface area contributed by atoms with Crippen molar-refractivity contribution in [3.63, 3.8) is 0 Å². The molecule has 2 fully saturated rings. The van der Waals surface area contributed by atoms with E-state index in [0.29, 0.717) is 18.7 Å². The zero-order valence-electron chi connectivity index (χ0n) is 38.4. The van der Waals surface area contributed by atoms with Crippen LogP contribution in [0.2, 0.25) is 0 Å². The van der Waals surface area contributed by atoms with Gasteiger partial charge in [-0.3, -0.25) is 33.0 Å².